The fraction of sp³-hybridized carbons (Fsp3) is 0.737. The lowest BCUT2D eigenvalue weighted by Gasteiger charge is -2.39. The Morgan fingerprint density at radius 3 is 2.43 bits per heavy atom. The van der Waals surface area contributed by atoms with Crippen molar-refractivity contribution in [2.45, 2.75) is 25.5 Å². The third-order valence-corrected chi connectivity index (χ3v) is 8.10. The molecule has 0 unspecified atom stereocenters. The number of nitrogens with zero attached hydrogens (tertiary/aromatic N) is 6. The second kappa shape index (κ2) is 10.9. The number of rotatable bonds is 5. The first kappa shape index (κ1) is 25.1. The average Bonchev–Trinajstić information content (AvgIpc) is 2.71. The van der Waals surface area contributed by atoms with Crippen LogP contribution in [0.5, 0.6) is 0 Å². The summed E-state index contributed by atoms with van der Waals surface area (Å²) in [6.45, 7) is 12.7. The predicted octanol–water partition coefficient (Wildman–Crippen LogP) is 0.691. The smallest absolute Gasteiger partial charge is 0.225 e. The molecule has 0 aromatic carbocycles. The summed E-state index contributed by atoms with van der Waals surface area (Å²) < 4.78 is 23.8. The lowest BCUT2D eigenvalue weighted by molar-refractivity contribution is 0.263. The standard InChI is InChI=1S/C19H33N7O2S.HI/c1-4-20-17(26-14-15-29(27,28)19(2,3)16-26)23-8-9-24-10-12-25(13-11-24)18-21-6-5-7-22-18;/h5-7H,4,8-16H2,1-3H3,(H,20,23);1H. The highest BCUT2D eigenvalue weighted by Gasteiger charge is 2.40. The van der Waals surface area contributed by atoms with Crippen molar-refractivity contribution in [2.24, 2.45) is 4.99 Å². The third kappa shape index (κ3) is 6.16. The quantitative estimate of drug-likeness (QED) is 0.325. The van der Waals surface area contributed by atoms with Crippen molar-refractivity contribution >= 4 is 45.7 Å². The first-order valence-corrected chi connectivity index (χ1v) is 12.0. The minimum Gasteiger partial charge on any atom is -0.357 e. The average molecular weight is 551 g/mol. The van der Waals surface area contributed by atoms with Gasteiger partial charge in [0.25, 0.3) is 0 Å². The molecule has 1 aromatic heterocycles. The van der Waals surface area contributed by atoms with E-state index in [0.29, 0.717) is 19.6 Å². The van der Waals surface area contributed by atoms with E-state index < -0.39 is 14.6 Å². The second-order valence-electron chi connectivity index (χ2n) is 8.11. The minimum absolute atomic E-state index is 0. The summed E-state index contributed by atoms with van der Waals surface area (Å²) in [4.78, 5) is 20.1. The van der Waals surface area contributed by atoms with E-state index in [1.54, 1.807) is 26.2 Å². The highest BCUT2D eigenvalue weighted by molar-refractivity contribution is 14.0. The molecule has 1 aromatic rings. The van der Waals surface area contributed by atoms with Gasteiger partial charge < -0.3 is 15.1 Å². The molecule has 30 heavy (non-hydrogen) atoms. The summed E-state index contributed by atoms with van der Waals surface area (Å²) in [7, 11) is -3.06. The predicted molar refractivity (Wildman–Crippen MR) is 132 cm³/mol. The molecule has 3 heterocycles. The molecule has 0 saturated carbocycles. The number of nitrogens with one attached hydrogen (secondary N) is 1. The van der Waals surface area contributed by atoms with Crippen LogP contribution in [-0.4, -0.2) is 104 Å². The summed E-state index contributed by atoms with van der Waals surface area (Å²) in [5.74, 6) is 1.78. The molecule has 0 amide bonds. The SMILES string of the molecule is CCNC(=NCCN1CCN(c2ncccn2)CC1)N1CCS(=O)(=O)C(C)(C)C1.I. The first-order valence-electron chi connectivity index (χ1n) is 10.3. The summed E-state index contributed by atoms with van der Waals surface area (Å²) in [6.07, 6.45) is 3.55. The lowest BCUT2D eigenvalue weighted by Crippen LogP contribution is -2.57. The van der Waals surface area contributed by atoms with Crippen LogP contribution in [0.4, 0.5) is 5.95 Å². The van der Waals surface area contributed by atoms with Gasteiger partial charge in [-0.05, 0) is 26.8 Å². The van der Waals surface area contributed by atoms with Crippen molar-refractivity contribution in [2.75, 3.05) is 69.6 Å². The van der Waals surface area contributed by atoms with Gasteiger partial charge in [-0.3, -0.25) is 9.89 Å². The van der Waals surface area contributed by atoms with Gasteiger partial charge in [-0.1, -0.05) is 0 Å². The number of aromatic nitrogens is 2. The Bertz CT molecular complexity index is 796. The molecule has 0 atom stereocenters. The molecule has 2 aliphatic rings. The number of guanidine groups is 1. The maximum absolute atomic E-state index is 12.3. The van der Waals surface area contributed by atoms with Gasteiger partial charge >= 0.3 is 0 Å². The van der Waals surface area contributed by atoms with E-state index in [4.69, 9.17) is 4.99 Å². The summed E-state index contributed by atoms with van der Waals surface area (Å²) in [6, 6.07) is 1.83. The molecule has 0 aliphatic carbocycles. The Balaban J connectivity index is 0.00000320. The molecule has 11 heteroatoms. The largest absolute Gasteiger partial charge is 0.357 e. The maximum atomic E-state index is 12.3. The molecule has 9 nitrogen and oxygen atoms in total. The van der Waals surface area contributed by atoms with Crippen LogP contribution < -0.4 is 10.2 Å². The normalized spacial score (nSPS) is 21.8. The molecule has 170 valence electrons. The lowest BCUT2D eigenvalue weighted by atomic mass is 10.2. The molecule has 2 fully saturated rings. The van der Waals surface area contributed by atoms with Gasteiger partial charge in [0.05, 0.1) is 17.0 Å². The van der Waals surface area contributed by atoms with Gasteiger partial charge in [-0.2, -0.15) is 0 Å². The van der Waals surface area contributed by atoms with Crippen LogP contribution in [-0.2, 0) is 9.84 Å². The van der Waals surface area contributed by atoms with E-state index in [1.165, 1.54) is 0 Å². The van der Waals surface area contributed by atoms with Gasteiger partial charge in [0.1, 0.15) is 0 Å². The van der Waals surface area contributed by atoms with Crippen molar-refractivity contribution in [1.29, 1.82) is 0 Å². The number of halogens is 1. The third-order valence-electron chi connectivity index (χ3n) is 5.56. The van der Waals surface area contributed by atoms with Crippen molar-refractivity contribution < 1.29 is 8.42 Å². The Labute approximate surface area is 197 Å². The highest BCUT2D eigenvalue weighted by Crippen LogP contribution is 2.23. The van der Waals surface area contributed by atoms with Gasteiger partial charge in [0.15, 0.2) is 15.8 Å². The molecule has 3 rings (SSSR count). The topological polar surface area (TPSA) is 94.0 Å². The number of piperazine rings is 1. The van der Waals surface area contributed by atoms with Crippen LogP contribution in [0.15, 0.2) is 23.5 Å². The van der Waals surface area contributed by atoms with Gasteiger partial charge in [-0.25, -0.2) is 18.4 Å². The van der Waals surface area contributed by atoms with Gasteiger partial charge in [0, 0.05) is 64.8 Å². The Morgan fingerprint density at radius 2 is 1.83 bits per heavy atom. The summed E-state index contributed by atoms with van der Waals surface area (Å²) in [5, 5.41) is 3.32. The fourth-order valence-corrected chi connectivity index (χ4v) is 5.04. The molecule has 2 saturated heterocycles. The van der Waals surface area contributed by atoms with E-state index in [2.05, 4.69) is 30.0 Å². The minimum atomic E-state index is -3.06. The van der Waals surface area contributed by atoms with E-state index in [0.717, 1.165) is 51.2 Å². The van der Waals surface area contributed by atoms with Crippen LogP contribution in [0.3, 0.4) is 0 Å². The summed E-state index contributed by atoms with van der Waals surface area (Å²) >= 11 is 0. The Hall–Kier alpha value is -1.21. The highest BCUT2D eigenvalue weighted by atomic mass is 127. The maximum Gasteiger partial charge on any atom is 0.225 e. The van der Waals surface area contributed by atoms with E-state index in [9.17, 15) is 8.42 Å². The van der Waals surface area contributed by atoms with E-state index in [1.807, 2.05) is 13.0 Å². The van der Waals surface area contributed by atoms with Gasteiger partial charge in [0.2, 0.25) is 5.95 Å². The molecular formula is C19H34IN7O2S. The number of anilines is 1. The van der Waals surface area contributed by atoms with Crippen molar-refractivity contribution in [3.63, 3.8) is 0 Å². The summed E-state index contributed by atoms with van der Waals surface area (Å²) in [5.41, 5.74) is 0. The Morgan fingerprint density at radius 1 is 1.17 bits per heavy atom. The fourth-order valence-electron chi connectivity index (χ4n) is 3.67. The van der Waals surface area contributed by atoms with Crippen LogP contribution in [0.2, 0.25) is 0 Å². The van der Waals surface area contributed by atoms with Crippen molar-refractivity contribution in [1.82, 2.24) is 25.1 Å². The molecule has 0 radical (unpaired) electrons. The van der Waals surface area contributed by atoms with E-state index >= 15 is 0 Å². The van der Waals surface area contributed by atoms with Crippen LogP contribution in [0.1, 0.15) is 20.8 Å². The monoisotopic (exact) mass is 551 g/mol. The van der Waals surface area contributed by atoms with Gasteiger partial charge in [-0.15, -0.1) is 24.0 Å². The molecule has 2 aliphatic heterocycles. The molecule has 0 spiro atoms. The zero-order valence-corrected chi connectivity index (χ0v) is 21.3. The second-order valence-corrected chi connectivity index (χ2v) is 10.9. The number of sulfone groups is 1. The van der Waals surface area contributed by atoms with E-state index in [-0.39, 0.29) is 29.7 Å². The van der Waals surface area contributed by atoms with Crippen LogP contribution in [0.25, 0.3) is 0 Å². The molecule has 1 N–H and O–H groups in total. The van der Waals surface area contributed by atoms with Crippen molar-refractivity contribution in [3.8, 4) is 0 Å². The Kier molecular flexibility index (Phi) is 9.10. The zero-order chi connectivity index (χ0) is 20.9. The zero-order valence-electron chi connectivity index (χ0n) is 18.1. The molecule has 0 bridgehead atoms. The van der Waals surface area contributed by atoms with Crippen LogP contribution in [0, 0.1) is 0 Å². The first-order chi connectivity index (χ1) is 13.8. The number of hydrogen-bond acceptors (Lipinski definition) is 7. The number of aliphatic imine (C=N–C) groups is 1. The number of hydrogen-bond donors (Lipinski definition) is 1. The van der Waals surface area contributed by atoms with Crippen LogP contribution >= 0.6 is 24.0 Å². The van der Waals surface area contributed by atoms with Crippen molar-refractivity contribution in [3.05, 3.63) is 18.5 Å². The molecular weight excluding hydrogens is 517 g/mol.